The summed E-state index contributed by atoms with van der Waals surface area (Å²) < 4.78 is 0. The van der Waals surface area contributed by atoms with Crippen LogP contribution in [0.1, 0.15) is 32.3 Å². The van der Waals surface area contributed by atoms with Crippen molar-refractivity contribution in [1.29, 1.82) is 0 Å². The zero-order chi connectivity index (χ0) is 11.5. The Labute approximate surface area is 91.3 Å². The molecule has 1 N–H and O–H groups in total. The van der Waals surface area contributed by atoms with Crippen molar-refractivity contribution in [3.63, 3.8) is 0 Å². The number of anilines is 1. The van der Waals surface area contributed by atoms with Crippen LogP contribution in [0.2, 0.25) is 0 Å². The summed E-state index contributed by atoms with van der Waals surface area (Å²) >= 11 is 0. The maximum absolute atomic E-state index is 5.41. The van der Waals surface area contributed by atoms with Crippen LogP contribution in [0.25, 0.3) is 0 Å². The molecule has 1 aromatic rings. The lowest BCUT2D eigenvalue weighted by Crippen LogP contribution is -2.29. The van der Waals surface area contributed by atoms with E-state index in [1.807, 2.05) is 26.8 Å². The fourth-order valence-corrected chi connectivity index (χ4v) is 1.23. The molecule has 0 saturated carbocycles. The van der Waals surface area contributed by atoms with E-state index in [2.05, 4.69) is 28.1 Å². The molecule has 0 saturated heterocycles. The van der Waals surface area contributed by atoms with Crippen molar-refractivity contribution in [1.82, 2.24) is 9.97 Å². The summed E-state index contributed by atoms with van der Waals surface area (Å²) in [5.74, 6) is 4.24. The van der Waals surface area contributed by atoms with Crippen molar-refractivity contribution in [2.45, 2.75) is 39.7 Å². The number of rotatable bonds is 3. The van der Waals surface area contributed by atoms with E-state index in [9.17, 15) is 0 Å². The molecule has 0 atom stereocenters. The van der Waals surface area contributed by atoms with Gasteiger partial charge in [-0.05, 0) is 27.2 Å². The molecule has 0 radical (unpaired) electrons. The molecule has 0 unspecified atom stereocenters. The third-order valence-electron chi connectivity index (χ3n) is 2.05. The van der Waals surface area contributed by atoms with Crippen molar-refractivity contribution in [3.05, 3.63) is 17.6 Å². The van der Waals surface area contributed by atoms with Gasteiger partial charge in [0.25, 0.3) is 0 Å². The Bertz CT molecular complexity index is 388. The molecule has 15 heavy (non-hydrogen) atoms. The predicted molar refractivity (Wildman–Crippen MR) is 62.7 cm³/mol. The number of hydrogen-bond donors (Lipinski definition) is 1. The molecule has 0 aromatic carbocycles. The molecular weight excluding hydrogens is 186 g/mol. The molecule has 80 valence electrons. The Morgan fingerprint density at radius 3 is 2.67 bits per heavy atom. The summed E-state index contributed by atoms with van der Waals surface area (Å²) in [5.41, 5.74) is 0.643. The van der Waals surface area contributed by atoms with Gasteiger partial charge < -0.3 is 5.32 Å². The molecular formula is C12H17N3. The summed E-state index contributed by atoms with van der Waals surface area (Å²) in [5, 5.41) is 3.20. The lowest BCUT2D eigenvalue weighted by atomic mass is 10.1. The van der Waals surface area contributed by atoms with Gasteiger partial charge in [0, 0.05) is 11.8 Å². The largest absolute Gasteiger partial charge is 0.354 e. The normalized spacial score (nSPS) is 10.9. The van der Waals surface area contributed by atoms with Crippen LogP contribution in [-0.4, -0.2) is 15.5 Å². The van der Waals surface area contributed by atoms with Crippen molar-refractivity contribution < 1.29 is 0 Å². The zero-order valence-corrected chi connectivity index (χ0v) is 9.76. The summed E-state index contributed by atoms with van der Waals surface area (Å²) in [6, 6.07) is 1.94. The molecule has 0 aliphatic carbocycles. The van der Waals surface area contributed by atoms with Crippen molar-refractivity contribution in [2.24, 2.45) is 0 Å². The number of hydrogen-bond acceptors (Lipinski definition) is 3. The van der Waals surface area contributed by atoms with E-state index >= 15 is 0 Å². The number of aryl methyl sites for hydroxylation is 2. The van der Waals surface area contributed by atoms with Gasteiger partial charge in [-0.15, -0.1) is 6.42 Å². The fourth-order valence-electron chi connectivity index (χ4n) is 1.23. The minimum absolute atomic E-state index is 0.383. The predicted octanol–water partition coefficient (Wildman–Crippen LogP) is 2.17. The highest BCUT2D eigenvalue weighted by Gasteiger charge is 2.14. The molecule has 1 rings (SSSR count). The van der Waals surface area contributed by atoms with Crippen LogP contribution in [0.15, 0.2) is 6.07 Å². The van der Waals surface area contributed by atoms with Gasteiger partial charge in [-0.1, -0.05) is 12.8 Å². The van der Waals surface area contributed by atoms with E-state index in [4.69, 9.17) is 6.42 Å². The summed E-state index contributed by atoms with van der Waals surface area (Å²) in [6.45, 7) is 7.83. The standard InChI is InChI=1S/C12H17N3/c1-6-10-8-11(14-9(3)13-10)15-12(4,5)7-2/h2,8H,6H2,1,3-5H3,(H,13,14,15). The van der Waals surface area contributed by atoms with E-state index in [1.54, 1.807) is 0 Å². The van der Waals surface area contributed by atoms with E-state index in [0.29, 0.717) is 0 Å². The van der Waals surface area contributed by atoms with Crippen molar-refractivity contribution >= 4 is 5.82 Å². The van der Waals surface area contributed by atoms with E-state index in [1.165, 1.54) is 0 Å². The van der Waals surface area contributed by atoms with E-state index in [0.717, 1.165) is 23.8 Å². The van der Waals surface area contributed by atoms with E-state index < -0.39 is 0 Å². The van der Waals surface area contributed by atoms with Gasteiger partial charge in [0.2, 0.25) is 0 Å². The number of aromatic nitrogens is 2. The lowest BCUT2D eigenvalue weighted by molar-refractivity contribution is 0.732. The van der Waals surface area contributed by atoms with Gasteiger partial charge in [-0.25, -0.2) is 9.97 Å². The Morgan fingerprint density at radius 1 is 1.47 bits per heavy atom. The molecule has 1 aromatic heterocycles. The van der Waals surface area contributed by atoms with Gasteiger partial charge >= 0.3 is 0 Å². The van der Waals surface area contributed by atoms with Crippen LogP contribution in [0.4, 0.5) is 5.82 Å². The first-order valence-electron chi connectivity index (χ1n) is 5.07. The van der Waals surface area contributed by atoms with Gasteiger partial charge in [0.15, 0.2) is 0 Å². The van der Waals surface area contributed by atoms with Crippen LogP contribution in [0, 0.1) is 19.3 Å². The summed E-state index contributed by atoms with van der Waals surface area (Å²) in [6.07, 6.45) is 6.30. The topological polar surface area (TPSA) is 37.8 Å². The number of nitrogens with zero attached hydrogens (tertiary/aromatic N) is 2. The van der Waals surface area contributed by atoms with Crippen LogP contribution >= 0.6 is 0 Å². The molecule has 0 spiro atoms. The van der Waals surface area contributed by atoms with Gasteiger partial charge in [-0.3, -0.25) is 0 Å². The first-order chi connectivity index (χ1) is 6.96. The average Bonchev–Trinajstić information content (AvgIpc) is 2.16. The smallest absolute Gasteiger partial charge is 0.131 e. The van der Waals surface area contributed by atoms with Gasteiger partial charge in [0.1, 0.15) is 11.6 Å². The van der Waals surface area contributed by atoms with Crippen LogP contribution in [0.5, 0.6) is 0 Å². The second-order valence-corrected chi connectivity index (χ2v) is 4.04. The van der Waals surface area contributed by atoms with Crippen molar-refractivity contribution in [3.8, 4) is 12.3 Å². The highest BCUT2D eigenvalue weighted by Crippen LogP contribution is 2.13. The highest BCUT2D eigenvalue weighted by molar-refractivity contribution is 5.41. The van der Waals surface area contributed by atoms with Crippen LogP contribution < -0.4 is 5.32 Å². The molecule has 0 aliphatic heterocycles. The maximum atomic E-state index is 5.41. The van der Waals surface area contributed by atoms with Crippen LogP contribution in [0.3, 0.4) is 0 Å². The molecule has 3 nitrogen and oxygen atoms in total. The van der Waals surface area contributed by atoms with Crippen molar-refractivity contribution in [2.75, 3.05) is 5.32 Å². The maximum Gasteiger partial charge on any atom is 0.131 e. The van der Waals surface area contributed by atoms with Gasteiger partial charge in [-0.2, -0.15) is 0 Å². The Morgan fingerprint density at radius 2 is 2.13 bits per heavy atom. The SMILES string of the molecule is C#CC(C)(C)Nc1cc(CC)nc(C)n1. The Balaban J connectivity index is 2.96. The minimum atomic E-state index is -0.383. The average molecular weight is 203 g/mol. The number of nitrogens with one attached hydrogen (secondary N) is 1. The third kappa shape index (κ3) is 3.25. The molecule has 3 heteroatoms. The molecule has 0 bridgehead atoms. The quantitative estimate of drug-likeness (QED) is 0.765. The molecule has 0 aliphatic rings. The second kappa shape index (κ2) is 4.31. The molecule has 0 fully saturated rings. The minimum Gasteiger partial charge on any atom is -0.354 e. The summed E-state index contributed by atoms with van der Waals surface area (Å²) in [4.78, 5) is 8.60. The molecule has 1 heterocycles. The Hall–Kier alpha value is -1.56. The fraction of sp³-hybridized carbons (Fsp3) is 0.500. The Kier molecular flexibility index (Phi) is 3.31. The third-order valence-corrected chi connectivity index (χ3v) is 2.05. The zero-order valence-electron chi connectivity index (χ0n) is 9.76. The second-order valence-electron chi connectivity index (χ2n) is 4.04. The molecule has 0 amide bonds. The lowest BCUT2D eigenvalue weighted by Gasteiger charge is -2.20. The highest BCUT2D eigenvalue weighted by atomic mass is 15.1. The first kappa shape index (κ1) is 11.5. The summed E-state index contributed by atoms with van der Waals surface area (Å²) in [7, 11) is 0. The first-order valence-corrected chi connectivity index (χ1v) is 5.07. The van der Waals surface area contributed by atoms with Crippen LogP contribution in [-0.2, 0) is 6.42 Å². The number of terminal acetylenes is 1. The van der Waals surface area contributed by atoms with E-state index in [-0.39, 0.29) is 5.54 Å². The van der Waals surface area contributed by atoms with Gasteiger partial charge in [0.05, 0.1) is 5.54 Å². The monoisotopic (exact) mass is 203 g/mol.